The Labute approximate surface area is 108 Å². The summed E-state index contributed by atoms with van der Waals surface area (Å²) in [5, 5.41) is 8.61. The molecule has 0 saturated heterocycles. The number of hydrogen-bond donors (Lipinski definition) is 1. The Morgan fingerprint density at radius 1 is 1.29 bits per heavy atom. The Kier molecular flexibility index (Phi) is 2.67. The van der Waals surface area contributed by atoms with Crippen LogP contribution in [-0.4, -0.2) is 21.1 Å². The van der Waals surface area contributed by atoms with E-state index < -0.39 is 0 Å². The number of hydrogen-bond acceptors (Lipinski definition) is 3. The Morgan fingerprint density at radius 2 is 2.06 bits per heavy atom. The summed E-state index contributed by atoms with van der Waals surface area (Å²) in [6, 6.07) is 3.96. The first kappa shape index (κ1) is 11.2. The van der Waals surface area contributed by atoms with Gasteiger partial charge in [0.1, 0.15) is 5.82 Å². The molecular weight excluding hydrogens is 280 g/mol. The van der Waals surface area contributed by atoms with Crippen molar-refractivity contribution in [2.45, 2.75) is 31.1 Å². The van der Waals surface area contributed by atoms with E-state index in [0.717, 1.165) is 28.8 Å². The van der Waals surface area contributed by atoms with Gasteiger partial charge >= 0.3 is 0 Å². The maximum absolute atomic E-state index is 6.00. The third kappa shape index (κ3) is 1.68. The van der Waals surface area contributed by atoms with Gasteiger partial charge in [0, 0.05) is 22.6 Å². The SMILES string of the molecule is NCC1(c2nnc3ccc(Br)cn23)CCCC1. The predicted molar refractivity (Wildman–Crippen MR) is 69.9 cm³/mol. The second kappa shape index (κ2) is 4.07. The topological polar surface area (TPSA) is 56.2 Å². The minimum Gasteiger partial charge on any atom is -0.329 e. The van der Waals surface area contributed by atoms with Gasteiger partial charge in [-0.2, -0.15) is 0 Å². The fourth-order valence-corrected chi connectivity index (χ4v) is 3.13. The maximum atomic E-state index is 6.00. The normalized spacial score (nSPS) is 18.9. The fourth-order valence-electron chi connectivity index (χ4n) is 2.80. The summed E-state index contributed by atoms with van der Waals surface area (Å²) in [4.78, 5) is 0. The van der Waals surface area contributed by atoms with Gasteiger partial charge in [-0.1, -0.05) is 12.8 Å². The lowest BCUT2D eigenvalue weighted by atomic mass is 9.85. The van der Waals surface area contributed by atoms with Gasteiger partial charge in [0.15, 0.2) is 5.65 Å². The summed E-state index contributed by atoms with van der Waals surface area (Å²) in [5.41, 5.74) is 6.92. The van der Waals surface area contributed by atoms with Crippen molar-refractivity contribution in [3.05, 3.63) is 28.6 Å². The van der Waals surface area contributed by atoms with Gasteiger partial charge in [0.05, 0.1) is 0 Å². The molecule has 1 fully saturated rings. The van der Waals surface area contributed by atoms with Crippen LogP contribution in [0.15, 0.2) is 22.8 Å². The molecule has 3 rings (SSSR count). The molecular formula is C12H15BrN4. The lowest BCUT2D eigenvalue weighted by Crippen LogP contribution is -2.34. The summed E-state index contributed by atoms with van der Waals surface area (Å²) in [5.74, 6) is 1.02. The van der Waals surface area contributed by atoms with Crippen LogP contribution in [0.1, 0.15) is 31.5 Å². The van der Waals surface area contributed by atoms with E-state index in [1.807, 2.05) is 18.3 Å². The number of rotatable bonds is 2. The number of nitrogens with two attached hydrogens (primary N) is 1. The van der Waals surface area contributed by atoms with E-state index in [9.17, 15) is 0 Å². The van der Waals surface area contributed by atoms with Gasteiger partial charge in [-0.3, -0.25) is 4.40 Å². The molecule has 0 aliphatic heterocycles. The maximum Gasteiger partial charge on any atom is 0.160 e. The van der Waals surface area contributed by atoms with E-state index in [1.165, 1.54) is 12.8 Å². The van der Waals surface area contributed by atoms with Gasteiger partial charge in [-0.05, 0) is 40.9 Å². The average Bonchev–Trinajstić information content (AvgIpc) is 2.94. The van der Waals surface area contributed by atoms with Gasteiger partial charge < -0.3 is 5.73 Å². The number of halogens is 1. The van der Waals surface area contributed by atoms with E-state index in [-0.39, 0.29) is 5.41 Å². The molecule has 0 unspecified atom stereocenters. The van der Waals surface area contributed by atoms with Gasteiger partial charge in [-0.15, -0.1) is 10.2 Å². The molecule has 0 atom stereocenters. The predicted octanol–water partition coefficient (Wildman–Crippen LogP) is 2.26. The van der Waals surface area contributed by atoms with E-state index in [4.69, 9.17) is 5.73 Å². The van der Waals surface area contributed by atoms with E-state index >= 15 is 0 Å². The zero-order valence-corrected chi connectivity index (χ0v) is 11.2. The van der Waals surface area contributed by atoms with Crippen molar-refractivity contribution in [3.8, 4) is 0 Å². The van der Waals surface area contributed by atoms with Crippen molar-refractivity contribution in [2.75, 3.05) is 6.54 Å². The molecule has 2 heterocycles. The quantitative estimate of drug-likeness (QED) is 0.924. The number of nitrogens with zero attached hydrogens (tertiary/aromatic N) is 3. The third-order valence-corrected chi connectivity index (χ3v) is 4.26. The first-order valence-electron chi connectivity index (χ1n) is 5.96. The summed E-state index contributed by atoms with van der Waals surface area (Å²) in [6.07, 6.45) is 6.74. The van der Waals surface area contributed by atoms with Gasteiger partial charge in [-0.25, -0.2) is 0 Å². The number of aromatic nitrogens is 3. The molecule has 2 N–H and O–H groups in total. The van der Waals surface area contributed by atoms with E-state index in [2.05, 4.69) is 30.5 Å². The second-order valence-electron chi connectivity index (χ2n) is 4.79. The van der Waals surface area contributed by atoms with Crippen LogP contribution in [-0.2, 0) is 5.41 Å². The smallest absolute Gasteiger partial charge is 0.160 e. The minimum absolute atomic E-state index is 0.0280. The van der Waals surface area contributed by atoms with Crippen LogP contribution in [0.2, 0.25) is 0 Å². The van der Waals surface area contributed by atoms with Crippen LogP contribution in [0.25, 0.3) is 5.65 Å². The fraction of sp³-hybridized carbons (Fsp3) is 0.500. The summed E-state index contributed by atoms with van der Waals surface area (Å²) < 4.78 is 3.11. The molecule has 1 aliphatic carbocycles. The third-order valence-electron chi connectivity index (χ3n) is 3.79. The summed E-state index contributed by atoms with van der Waals surface area (Å²) in [6.45, 7) is 0.653. The molecule has 5 heteroatoms. The largest absolute Gasteiger partial charge is 0.329 e. The number of pyridine rings is 1. The Balaban J connectivity index is 2.19. The van der Waals surface area contributed by atoms with Gasteiger partial charge in [0.2, 0.25) is 0 Å². The molecule has 2 aromatic heterocycles. The van der Waals surface area contributed by atoms with Gasteiger partial charge in [0.25, 0.3) is 0 Å². The highest BCUT2D eigenvalue weighted by atomic mass is 79.9. The molecule has 0 radical (unpaired) electrons. The second-order valence-corrected chi connectivity index (χ2v) is 5.71. The Bertz CT molecular complexity index is 542. The molecule has 0 amide bonds. The van der Waals surface area contributed by atoms with Crippen LogP contribution in [0.4, 0.5) is 0 Å². The lowest BCUT2D eigenvalue weighted by molar-refractivity contribution is 0.420. The van der Waals surface area contributed by atoms with E-state index in [1.54, 1.807) is 0 Å². The molecule has 4 nitrogen and oxygen atoms in total. The zero-order valence-electron chi connectivity index (χ0n) is 9.56. The van der Waals surface area contributed by atoms with Crippen molar-refractivity contribution < 1.29 is 0 Å². The molecule has 0 spiro atoms. The molecule has 17 heavy (non-hydrogen) atoms. The monoisotopic (exact) mass is 294 g/mol. The standard InChI is InChI=1S/C12H15BrN4/c13-9-3-4-10-15-16-11(17(10)7-9)12(8-14)5-1-2-6-12/h3-4,7H,1-2,5-6,8,14H2. The van der Waals surface area contributed by atoms with Crippen LogP contribution in [0, 0.1) is 0 Å². The van der Waals surface area contributed by atoms with Crippen molar-refractivity contribution in [1.29, 1.82) is 0 Å². The molecule has 1 aliphatic rings. The van der Waals surface area contributed by atoms with Crippen LogP contribution in [0.3, 0.4) is 0 Å². The number of fused-ring (bicyclic) bond motifs is 1. The highest BCUT2D eigenvalue weighted by molar-refractivity contribution is 9.10. The first-order chi connectivity index (χ1) is 8.25. The van der Waals surface area contributed by atoms with Crippen molar-refractivity contribution >= 4 is 21.6 Å². The molecule has 90 valence electrons. The van der Waals surface area contributed by atoms with Crippen molar-refractivity contribution in [1.82, 2.24) is 14.6 Å². The van der Waals surface area contributed by atoms with E-state index in [0.29, 0.717) is 6.54 Å². The van der Waals surface area contributed by atoms with Crippen molar-refractivity contribution in [3.63, 3.8) is 0 Å². The van der Waals surface area contributed by atoms with Crippen LogP contribution >= 0.6 is 15.9 Å². The van der Waals surface area contributed by atoms with Crippen LogP contribution in [0.5, 0.6) is 0 Å². The Morgan fingerprint density at radius 3 is 2.76 bits per heavy atom. The highest BCUT2D eigenvalue weighted by Gasteiger charge is 2.38. The first-order valence-corrected chi connectivity index (χ1v) is 6.75. The summed E-state index contributed by atoms with van der Waals surface area (Å²) in [7, 11) is 0. The summed E-state index contributed by atoms with van der Waals surface area (Å²) >= 11 is 3.49. The highest BCUT2D eigenvalue weighted by Crippen LogP contribution is 2.39. The average molecular weight is 295 g/mol. The van der Waals surface area contributed by atoms with Crippen molar-refractivity contribution in [2.24, 2.45) is 5.73 Å². The lowest BCUT2D eigenvalue weighted by Gasteiger charge is -2.24. The molecule has 0 aromatic carbocycles. The Hall–Kier alpha value is -0.940. The minimum atomic E-state index is 0.0280. The van der Waals surface area contributed by atoms with Crippen LogP contribution < -0.4 is 5.73 Å². The molecule has 1 saturated carbocycles. The zero-order chi connectivity index (χ0) is 11.9. The molecule has 2 aromatic rings. The molecule has 0 bridgehead atoms.